The largest absolute Gasteiger partial charge is 0.493 e. The molecule has 2 heterocycles. The highest BCUT2D eigenvalue weighted by Gasteiger charge is 2.01. The first kappa shape index (κ1) is 14.4. The normalized spacial score (nSPS) is 10.9. The average Bonchev–Trinajstić information content (AvgIpc) is 3.03. The number of nitrogens with zero attached hydrogens (tertiary/aromatic N) is 1. The Balaban J connectivity index is 1.44. The van der Waals surface area contributed by atoms with Gasteiger partial charge in [0.05, 0.1) is 6.61 Å². The van der Waals surface area contributed by atoms with Gasteiger partial charge in [-0.1, -0.05) is 0 Å². The quantitative estimate of drug-likeness (QED) is 0.537. The highest BCUT2D eigenvalue weighted by molar-refractivity contribution is 5.77. The molecule has 5 heteroatoms. The van der Waals surface area contributed by atoms with Crippen molar-refractivity contribution in [2.24, 2.45) is 0 Å². The molecule has 0 atom stereocenters. The molecule has 0 spiro atoms. The van der Waals surface area contributed by atoms with E-state index in [1.165, 1.54) is 6.07 Å². The van der Waals surface area contributed by atoms with Crippen molar-refractivity contribution >= 4 is 11.0 Å². The Hall–Kier alpha value is -2.56. The number of hydrogen-bond acceptors (Lipinski definition) is 4. The standard InChI is InChI=1S/C17H18N2O3/c20-17-8-6-13-5-7-14(12-15(13)22-17)21-11-3-1-2-4-16-18-9-10-19-16/h5-10,12H,1-4,11H2,(H,18,19). The van der Waals surface area contributed by atoms with E-state index in [9.17, 15) is 4.79 Å². The smallest absolute Gasteiger partial charge is 0.336 e. The average molecular weight is 298 g/mol. The van der Waals surface area contributed by atoms with Crippen LogP contribution in [0.4, 0.5) is 0 Å². The molecule has 0 unspecified atom stereocenters. The number of ether oxygens (including phenoxy) is 1. The number of aromatic amines is 1. The summed E-state index contributed by atoms with van der Waals surface area (Å²) < 4.78 is 10.8. The lowest BCUT2D eigenvalue weighted by Gasteiger charge is -2.06. The molecule has 1 N–H and O–H groups in total. The van der Waals surface area contributed by atoms with Crippen molar-refractivity contribution in [3.8, 4) is 5.75 Å². The van der Waals surface area contributed by atoms with Crippen LogP contribution in [-0.4, -0.2) is 16.6 Å². The maximum absolute atomic E-state index is 11.2. The van der Waals surface area contributed by atoms with Gasteiger partial charge in [-0.15, -0.1) is 0 Å². The lowest BCUT2D eigenvalue weighted by molar-refractivity contribution is 0.305. The molecule has 0 radical (unpaired) electrons. The molecule has 0 aliphatic heterocycles. The predicted octanol–water partition coefficient (Wildman–Crippen LogP) is 3.31. The molecule has 2 aromatic heterocycles. The molecule has 1 aromatic carbocycles. The third kappa shape index (κ3) is 3.75. The van der Waals surface area contributed by atoms with Crippen LogP contribution in [0.15, 0.2) is 51.9 Å². The van der Waals surface area contributed by atoms with Crippen LogP contribution >= 0.6 is 0 Å². The molecule has 3 rings (SSSR count). The third-order valence-electron chi connectivity index (χ3n) is 3.48. The lowest BCUT2D eigenvalue weighted by Crippen LogP contribution is -1.99. The first-order valence-electron chi connectivity index (χ1n) is 7.46. The van der Waals surface area contributed by atoms with Crippen molar-refractivity contribution in [1.82, 2.24) is 9.97 Å². The number of aromatic nitrogens is 2. The summed E-state index contributed by atoms with van der Waals surface area (Å²) in [6.45, 7) is 0.653. The van der Waals surface area contributed by atoms with Crippen LogP contribution in [0, 0.1) is 0 Å². The molecule has 0 amide bonds. The summed E-state index contributed by atoms with van der Waals surface area (Å²) >= 11 is 0. The summed E-state index contributed by atoms with van der Waals surface area (Å²) in [5.74, 6) is 1.76. The first-order chi connectivity index (χ1) is 10.8. The molecule has 5 nitrogen and oxygen atoms in total. The van der Waals surface area contributed by atoms with E-state index in [1.807, 2.05) is 18.3 Å². The van der Waals surface area contributed by atoms with Crippen LogP contribution in [0.5, 0.6) is 5.75 Å². The fourth-order valence-corrected chi connectivity index (χ4v) is 2.33. The second kappa shape index (κ2) is 6.93. The minimum atomic E-state index is -0.345. The van der Waals surface area contributed by atoms with Gasteiger partial charge in [-0.2, -0.15) is 0 Å². The van der Waals surface area contributed by atoms with Crippen LogP contribution in [0.3, 0.4) is 0 Å². The molecule has 0 bridgehead atoms. The van der Waals surface area contributed by atoms with Crippen LogP contribution in [0.25, 0.3) is 11.0 Å². The summed E-state index contributed by atoms with van der Waals surface area (Å²) in [5, 5.41) is 0.894. The predicted molar refractivity (Wildman–Crippen MR) is 84.1 cm³/mol. The summed E-state index contributed by atoms with van der Waals surface area (Å²) in [7, 11) is 0. The van der Waals surface area contributed by atoms with Gasteiger partial charge in [0.2, 0.25) is 0 Å². The second-order valence-electron chi connectivity index (χ2n) is 5.15. The number of fused-ring (bicyclic) bond motifs is 1. The molecular weight excluding hydrogens is 280 g/mol. The van der Waals surface area contributed by atoms with Crippen LogP contribution in [0.1, 0.15) is 25.1 Å². The van der Waals surface area contributed by atoms with Crippen LogP contribution in [0.2, 0.25) is 0 Å². The van der Waals surface area contributed by atoms with Gasteiger partial charge < -0.3 is 14.1 Å². The Bertz CT molecular complexity index is 778. The lowest BCUT2D eigenvalue weighted by atomic mass is 10.2. The van der Waals surface area contributed by atoms with Gasteiger partial charge in [-0.25, -0.2) is 9.78 Å². The number of benzene rings is 1. The Morgan fingerprint density at radius 2 is 2.05 bits per heavy atom. The fraction of sp³-hybridized carbons (Fsp3) is 0.294. The molecule has 0 aliphatic rings. The van der Waals surface area contributed by atoms with Gasteiger partial charge >= 0.3 is 5.63 Å². The number of imidazole rings is 1. The van der Waals surface area contributed by atoms with Gasteiger partial charge in [0.25, 0.3) is 0 Å². The number of rotatable bonds is 7. The van der Waals surface area contributed by atoms with Crippen LogP contribution < -0.4 is 10.4 Å². The molecule has 0 fully saturated rings. The Labute approximate surface area is 128 Å². The van der Waals surface area contributed by atoms with E-state index in [-0.39, 0.29) is 5.63 Å². The maximum atomic E-state index is 11.2. The van der Waals surface area contributed by atoms with E-state index in [0.717, 1.165) is 42.6 Å². The van der Waals surface area contributed by atoms with E-state index in [4.69, 9.17) is 9.15 Å². The van der Waals surface area contributed by atoms with Gasteiger partial charge in [0, 0.05) is 36.3 Å². The van der Waals surface area contributed by atoms with Crippen molar-refractivity contribution in [2.75, 3.05) is 6.61 Å². The summed E-state index contributed by atoms with van der Waals surface area (Å²) in [6.07, 6.45) is 7.74. The highest BCUT2D eigenvalue weighted by atomic mass is 16.5. The van der Waals surface area contributed by atoms with E-state index in [2.05, 4.69) is 9.97 Å². The fourth-order valence-electron chi connectivity index (χ4n) is 2.33. The molecule has 114 valence electrons. The highest BCUT2D eigenvalue weighted by Crippen LogP contribution is 2.19. The number of aryl methyl sites for hydroxylation is 1. The number of nitrogens with one attached hydrogen (secondary N) is 1. The maximum Gasteiger partial charge on any atom is 0.336 e. The summed E-state index contributed by atoms with van der Waals surface area (Å²) in [5.41, 5.74) is 0.213. The zero-order valence-electron chi connectivity index (χ0n) is 12.2. The molecule has 3 aromatic rings. The van der Waals surface area contributed by atoms with Crippen LogP contribution in [-0.2, 0) is 6.42 Å². The number of H-pyrrole nitrogens is 1. The number of hydrogen-bond donors (Lipinski definition) is 1. The zero-order valence-corrected chi connectivity index (χ0v) is 12.2. The van der Waals surface area contributed by atoms with Gasteiger partial charge in [0.15, 0.2) is 0 Å². The zero-order chi connectivity index (χ0) is 15.2. The van der Waals surface area contributed by atoms with E-state index < -0.39 is 0 Å². The van der Waals surface area contributed by atoms with E-state index in [0.29, 0.717) is 12.2 Å². The number of unbranched alkanes of at least 4 members (excludes halogenated alkanes) is 2. The van der Waals surface area contributed by atoms with Gasteiger partial charge in [0.1, 0.15) is 17.2 Å². The van der Waals surface area contributed by atoms with Gasteiger partial charge in [-0.05, 0) is 37.5 Å². The van der Waals surface area contributed by atoms with Gasteiger partial charge in [-0.3, -0.25) is 0 Å². The molecule has 22 heavy (non-hydrogen) atoms. The second-order valence-corrected chi connectivity index (χ2v) is 5.15. The molecule has 0 saturated carbocycles. The topological polar surface area (TPSA) is 68.1 Å². The van der Waals surface area contributed by atoms with Crippen molar-refractivity contribution in [3.05, 3.63) is 59.0 Å². The Morgan fingerprint density at radius 1 is 1.14 bits per heavy atom. The van der Waals surface area contributed by atoms with Crippen molar-refractivity contribution in [2.45, 2.75) is 25.7 Å². The van der Waals surface area contributed by atoms with Crippen molar-refractivity contribution < 1.29 is 9.15 Å². The Kier molecular flexibility index (Phi) is 4.53. The Morgan fingerprint density at radius 3 is 2.91 bits per heavy atom. The van der Waals surface area contributed by atoms with Crippen molar-refractivity contribution in [1.29, 1.82) is 0 Å². The molecular formula is C17H18N2O3. The molecule has 0 saturated heterocycles. The van der Waals surface area contributed by atoms with E-state index >= 15 is 0 Å². The minimum Gasteiger partial charge on any atom is -0.493 e. The summed E-state index contributed by atoms with van der Waals surface area (Å²) in [6, 6.07) is 8.72. The third-order valence-corrected chi connectivity index (χ3v) is 3.48. The first-order valence-corrected chi connectivity index (χ1v) is 7.46. The van der Waals surface area contributed by atoms with Crippen molar-refractivity contribution in [3.63, 3.8) is 0 Å². The monoisotopic (exact) mass is 298 g/mol. The molecule has 0 aliphatic carbocycles. The SMILES string of the molecule is O=c1ccc2ccc(OCCCCCc3ncc[nH]3)cc2o1. The summed E-state index contributed by atoms with van der Waals surface area (Å²) in [4.78, 5) is 18.5. The van der Waals surface area contributed by atoms with E-state index in [1.54, 1.807) is 18.3 Å². The minimum absolute atomic E-state index is 0.345.